The highest BCUT2D eigenvalue weighted by atomic mass is 28.4. The van der Waals surface area contributed by atoms with Crippen LogP contribution in [0.2, 0.25) is 18.1 Å². The van der Waals surface area contributed by atoms with Gasteiger partial charge >= 0.3 is 6.09 Å². The maximum Gasteiger partial charge on any atom is 0.410 e. The summed E-state index contributed by atoms with van der Waals surface area (Å²) in [6, 6.07) is 0. The van der Waals surface area contributed by atoms with E-state index in [9.17, 15) is 4.79 Å². The lowest BCUT2D eigenvalue weighted by Crippen LogP contribution is -2.44. The Morgan fingerprint density at radius 1 is 1.04 bits per heavy atom. The molecule has 2 fully saturated rings. The Morgan fingerprint density at radius 3 is 2.04 bits per heavy atom. The van der Waals surface area contributed by atoms with Gasteiger partial charge in [0.05, 0.1) is 12.7 Å². The van der Waals surface area contributed by atoms with Crippen LogP contribution in [0.1, 0.15) is 67.2 Å². The number of hydrogen-bond acceptors (Lipinski definition) is 4. The molecule has 0 atom stereocenters. The first kappa shape index (κ1) is 22.7. The lowest BCUT2D eigenvalue weighted by atomic mass is 10.1. The van der Waals surface area contributed by atoms with Crippen LogP contribution < -0.4 is 0 Å². The molecule has 1 saturated heterocycles. The Morgan fingerprint density at radius 2 is 1.59 bits per heavy atom. The summed E-state index contributed by atoms with van der Waals surface area (Å²) in [4.78, 5) is 14.0. The van der Waals surface area contributed by atoms with Gasteiger partial charge in [-0.15, -0.1) is 0 Å². The molecule has 0 bridgehead atoms. The molecule has 1 saturated carbocycles. The molecular weight excluding hydrogens is 358 g/mol. The Labute approximate surface area is 167 Å². The number of hydrogen-bond donors (Lipinski definition) is 0. The Balaban J connectivity index is 1.71. The SMILES string of the molecule is CC(C)(C)OC(=O)N1CCC(OCC2(CO[Si](C)(C)C(C)(C)C)CC2)CC1. The number of nitrogens with zero attached hydrogens (tertiary/aromatic N) is 1. The highest BCUT2D eigenvalue weighted by molar-refractivity contribution is 6.74. The van der Waals surface area contributed by atoms with Crippen LogP contribution in [0, 0.1) is 5.41 Å². The Hall–Kier alpha value is -0.593. The molecule has 6 heteroatoms. The van der Waals surface area contributed by atoms with E-state index >= 15 is 0 Å². The van der Waals surface area contributed by atoms with Crippen molar-refractivity contribution in [3.63, 3.8) is 0 Å². The second-order valence-electron chi connectivity index (χ2n) is 11.0. The van der Waals surface area contributed by atoms with Gasteiger partial charge in [0, 0.05) is 25.1 Å². The number of amides is 1. The third-order valence-electron chi connectivity index (χ3n) is 6.22. The van der Waals surface area contributed by atoms with E-state index in [0.717, 1.165) is 26.1 Å². The van der Waals surface area contributed by atoms with Gasteiger partial charge in [0.2, 0.25) is 0 Å². The summed E-state index contributed by atoms with van der Waals surface area (Å²) < 4.78 is 18.2. The summed E-state index contributed by atoms with van der Waals surface area (Å²) in [6.45, 7) is 20.3. The first-order valence-electron chi connectivity index (χ1n) is 10.5. The topological polar surface area (TPSA) is 48.0 Å². The lowest BCUT2D eigenvalue weighted by Gasteiger charge is -2.38. The van der Waals surface area contributed by atoms with Crippen LogP contribution in [0.5, 0.6) is 0 Å². The largest absolute Gasteiger partial charge is 0.444 e. The number of rotatable bonds is 6. The van der Waals surface area contributed by atoms with Crippen molar-refractivity contribution < 1.29 is 18.7 Å². The summed E-state index contributed by atoms with van der Waals surface area (Å²) in [5, 5.41) is 0.248. The van der Waals surface area contributed by atoms with Crippen molar-refractivity contribution in [2.75, 3.05) is 26.3 Å². The molecule has 1 aliphatic heterocycles. The molecule has 1 heterocycles. The zero-order valence-electron chi connectivity index (χ0n) is 18.8. The van der Waals surface area contributed by atoms with Gasteiger partial charge in [0.15, 0.2) is 8.32 Å². The van der Waals surface area contributed by atoms with E-state index < -0.39 is 13.9 Å². The highest BCUT2D eigenvalue weighted by Gasteiger charge is 2.47. The van der Waals surface area contributed by atoms with Crippen LogP contribution in [0.25, 0.3) is 0 Å². The van der Waals surface area contributed by atoms with Crippen molar-refractivity contribution in [2.24, 2.45) is 5.41 Å². The van der Waals surface area contributed by atoms with E-state index in [1.54, 1.807) is 4.90 Å². The molecule has 0 aromatic heterocycles. The Bertz CT molecular complexity index is 509. The fraction of sp³-hybridized carbons (Fsp3) is 0.952. The van der Waals surface area contributed by atoms with Gasteiger partial charge in [-0.1, -0.05) is 20.8 Å². The number of likely N-dealkylation sites (tertiary alicyclic amines) is 1. The summed E-state index contributed by atoms with van der Waals surface area (Å²) in [5.74, 6) is 0. The average Bonchev–Trinajstić information content (AvgIpc) is 3.29. The van der Waals surface area contributed by atoms with Crippen LogP contribution in [0.4, 0.5) is 4.79 Å². The van der Waals surface area contributed by atoms with Crippen LogP contribution >= 0.6 is 0 Å². The fourth-order valence-corrected chi connectivity index (χ4v) is 3.98. The molecule has 0 N–H and O–H groups in total. The molecular formula is C21H41NO4Si. The van der Waals surface area contributed by atoms with Gasteiger partial charge in [-0.3, -0.25) is 0 Å². The normalized spacial score (nSPS) is 21.3. The second kappa shape index (κ2) is 8.03. The fourth-order valence-electron chi connectivity index (χ4n) is 2.88. The van der Waals surface area contributed by atoms with E-state index in [-0.39, 0.29) is 22.7 Å². The van der Waals surface area contributed by atoms with Crippen molar-refractivity contribution >= 4 is 14.4 Å². The summed E-state index contributed by atoms with van der Waals surface area (Å²) in [5.41, 5.74) is -0.204. The molecule has 27 heavy (non-hydrogen) atoms. The van der Waals surface area contributed by atoms with Crippen molar-refractivity contribution in [3.8, 4) is 0 Å². The molecule has 0 spiro atoms. The first-order valence-corrected chi connectivity index (χ1v) is 13.4. The molecule has 1 amide bonds. The van der Waals surface area contributed by atoms with E-state index in [4.69, 9.17) is 13.9 Å². The zero-order valence-corrected chi connectivity index (χ0v) is 19.8. The maximum absolute atomic E-state index is 12.2. The van der Waals surface area contributed by atoms with Crippen LogP contribution in [0.3, 0.4) is 0 Å². The molecule has 1 aliphatic carbocycles. The monoisotopic (exact) mass is 399 g/mol. The summed E-state index contributed by atoms with van der Waals surface area (Å²) in [7, 11) is -1.70. The van der Waals surface area contributed by atoms with E-state index in [1.165, 1.54) is 12.8 Å². The highest BCUT2D eigenvalue weighted by Crippen LogP contribution is 2.48. The average molecular weight is 400 g/mol. The van der Waals surface area contributed by atoms with Crippen LogP contribution in [0.15, 0.2) is 0 Å². The van der Waals surface area contributed by atoms with Gasteiger partial charge in [-0.2, -0.15) is 0 Å². The smallest absolute Gasteiger partial charge is 0.410 e. The molecule has 0 radical (unpaired) electrons. The van der Waals surface area contributed by atoms with Crippen LogP contribution in [-0.4, -0.2) is 57.3 Å². The van der Waals surface area contributed by atoms with Gasteiger partial charge in [0.1, 0.15) is 5.60 Å². The number of carbonyl (C=O) groups excluding carboxylic acids is 1. The predicted molar refractivity (Wildman–Crippen MR) is 112 cm³/mol. The second-order valence-corrected chi connectivity index (χ2v) is 15.8. The third-order valence-corrected chi connectivity index (χ3v) is 10.7. The number of carbonyl (C=O) groups is 1. The number of ether oxygens (including phenoxy) is 2. The van der Waals surface area contributed by atoms with E-state index in [2.05, 4.69) is 33.9 Å². The lowest BCUT2D eigenvalue weighted by molar-refractivity contribution is -0.0302. The van der Waals surface area contributed by atoms with Gasteiger partial charge in [-0.25, -0.2) is 4.79 Å². The van der Waals surface area contributed by atoms with Crippen molar-refractivity contribution in [1.29, 1.82) is 0 Å². The molecule has 0 aromatic carbocycles. The summed E-state index contributed by atoms with van der Waals surface area (Å²) >= 11 is 0. The number of piperidine rings is 1. The van der Waals surface area contributed by atoms with Gasteiger partial charge in [-0.05, 0) is 64.6 Å². The minimum Gasteiger partial charge on any atom is -0.444 e. The standard InChI is InChI=1S/C21H41NO4Si/c1-19(2,3)26-18(23)22-13-9-17(10-14-22)24-15-21(11-12-21)16-25-27(7,8)20(4,5)6/h17H,9-16H2,1-8H3. The minimum absolute atomic E-state index is 0.206. The third kappa shape index (κ3) is 6.75. The quantitative estimate of drug-likeness (QED) is 0.576. The Kier molecular flexibility index (Phi) is 6.75. The van der Waals surface area contributed by atoms with E-state index in [1.807, 2.05) is 20.8 Å². The van der Waals surface area contributed by atoms with E-state index in [0.29, 0.717) is 13.1 Å². The maximum atomic E-state index is 12.2. The molecule has 0 aromatic rings. The van der Waals surface area contributed by atoms with Gasteiger partial charge < -0.3 is 18.8 Å². The molecule has 2 rings (SSSR count). The van der Waals surface area contributed by atoms with Gasteiger partial charge in [0.25, 0.3) is 0 Å². The van der Waals surface area contributed by atoms with Crippen molar-refractivity contribution in [3.05, 3.63) is 0 Å². The zero-order chi connectivity index (χ0) is 20.5. The molecule has 0 unspecified atom stereocenters. The summed E-state index contributed by atoms with van der Waals surface area (Å²) in [6.07, 6.45) is 4.23. The predicted octanol–water partition coefficient (Wildman–Crippen LogP) is 5.20. The van der Waals surface area contributed by atoms with Crippen LogP contribution in [-0.2, 0) is 13.9 Å². The first-order chi connectivity index (χ1) is 12.2. The minimum atomic E-state index is -1.70. The molecule has 158 valence electrons. The molecule has 5 nitrogen and oxygen atoms in total. The van der Waals surface area contributed by atoms with Crippen molar-refractivity contribution in [1.82, 2.24) is 4.90 Å². The van der Waals surface area contributed by atoms with Crippen molar-refractivity contribution in [2.45, 2.75) is 97.1 Å². The molecule has 2 aliphatic rings.